The fraction of sp³-hybridized carbons (Fsp3) is 0.600. The highest BCUT2D eigenvalue weighted by Crippen LogP contribution is 2.31. The van der Waals surface area contributed by atoms with Crippen molar-refractivity contribution in [2.75, 3.05) is 13.1 Å². The second-order valence-electron chi connectivity index (χ2n) is 7.35. The van der Waals surface area contributed by atoms with Crippen LogP contribution in [0.3, 0.4) is 0 Å². The summed E-state index contributed by atoms with van der Waals surface area (Å²) in [5.41, 5.74) is 0.604. The molecule has 3 rings (SSSR count). The molecule has 0 radical (unpaired) electrons. The molecule has 2 atom stereocenters. The largest absolute Gasteiger partial charge is 0.295 e. The highest BCUT2D eigenvalue weighted by Gasteiger charge is 2.28. The van der Waals surface area contributed by atoms with Gasteiger partial charge >= 0.3 is 0 Å². The number of hydrogen-bond acceptors (Lipinski definition) is 3. The first-order valence-electron chi connectivity index (χ1n) is 9.59. The van der Waals surface area contributed by atoms with Gasteiger partial charge in [0.1, 0.15) is 5.82 Å². The zero-order chi connectivity index (χ0) is 18.8. The predicted molar refractivity (Wildman–Crippen MR) is 109 cm³/mol. The van der Waals surface area contributed by atoms with Gasteiger partial charge in [-0.05, 0) is 50.8 Å². The van der Waals surface area contributed by atoms with Crippen LogP contribution in [0.4, 0.5) is 0 Å². The number of fused-ring (bicyclic) bond motifs is 1. The number of nitrogens with zero attached hydrogens (tertiary/aromatic N) is 3. The summed E-state index contributed by atoms with van der Waals surface area (Å²) >= 11 is 12.3. The van der Waals surface area contributed by atoms with Crippen molar-refractivity contribution in [1.82, 2.24) is 14.5 Å². The van der Waals surface area contributed by atoms with Crippen molar-refractivity contribution in [1.29, 1.82) is 0 Å². The molecule has 0 aliphatic carbocycles. The van der Waals surface area contributed by atoms with E-state index in [-0.39, 0.29) is 11.6 Å². The van der Waals surface area contributed by atoms with E-state index < -0.39 is 0 Å². The van der Waals surface area contributed by atoms with Gasteiger partial charge < -0.3 is 0 Å². The number of aromatic nitrogens is 2. The minimum atomic E-state index is -0.0303. The summed E-state index contributed by atoms with van der Waals surface area (Å²) in [5.74, 6) is 1.54. The van der Waals surface area contributed by atoms with E-state index in [2.05, 4.69) is 18.7 Å². The van der Waals surface area contributed by atoms with E-state index in [1.165, 1.54) is 12.8 Å². The number of rotatable bonds is 5. The zero-order valence-electron chi connectivity index (χ0n) is 15.8. The third-order valence-corrected chi connectivity index (χ3v) is 6.05. The van der Waals surface area contributed by atoms with Gasteiger partial charge in [-0.15, -0.1) is 0 Å². The molecule has 1 aromatic heterocycles. The third-order valence-electron chi connectivity index (χ3n) is 5.33. The van der Waals surface area contributed by atoms with E-state index in [4.69, 9.17) is 28.2 Å². The molecule has 26 heavy (non-hydrogen) atoms. The molecule has 1 aromatic carbocycles. The third kappa shape index (κ3) is 3.78. The summed E-state index contributed by atoms with van der Waals surface area (Å²) in [6.45, 7) is 9.21. The monoisotopic (exact) mass is 395 g/mol. The SMILES string of the molecule is CCC[C@H](c1nc2cc(Cl)c(Cl)cc2c(=O)n1CC)N1CCC[C@@H](C)C1. The molecule has 1 aliphatic rings. The molecule has 1 saturated heterocycles. The lowest BCUT2D eigenvalue weighted by atomic mass is 9.97. The molecule has 0 unspecified atom stereocenters. The quantitative estimate of drug-likeness (QED) is 0.689. The van der Waals surface area contributed by atoms with Gasteiger partial charge in [-0.25, -0.2) is 4.98 Å². The summed E-state index contributed by atoms with van der Waals surface area (Å²) in [4.78, 5) is 20.5. The lowest BCUT2D eigenvalue weighted by molar-refractivity contribution is 0.115. The lowest BCUT2D eigenvalue weighted by Gasteiger charge is -2.37. The Labute approximate surface area is 165 Å². The van der Waals surface area contributed by atoms with Crippen LogP contribution in [-0.2, 0) is 6.54 Å². The molecule has 0 amide bonds. The second-order valence-corrected chi connectivity index (χ2v) is 8.16. The van der Waals surface area contributed by atoms with E-state index in [0.29, 0.717) is 33.4 Å². The van der Waals surface area contributed by atoms with Crippen molar-refractivity contribution in [3.05, 3.63) is 38.4 Å². The Morgan fingerprint density at radius 1 is 1.27 bits per heavy atom. The number of piperidine rings is 1. The standard InChI is InChI=1S/C20H27Cl2N3O/c1-4-7-18(24-9-6-8-13(3)12-24)19-23-17-11-16(22)15(21)10-14(17)20(26)25(19)5-2/h10-11,13,18H,4-9,12H2,1-3H3/t13-,18-/m1/s1. The Morgan fingerprint density at radius 2 is 2.00 bits per heavy atom. The molecule has 6 heteroatoms. The minimum Gasteiger partial charge on any atom is -0.295 e. The van der Waals surface area contributed by atoms with Crippen LogP contribution in [0.2, 0.25) is 10.0 Å². The van der Waals surface area contributed by atoms with E-state index in [1.54, 1.807) is 12.1 Å². The van der Waals surface area contributed by atoms with Crippen LogP contribution in [0.5, 0.6) is 0 Å². The molecular weight excluding hydrogens is 369 g/mol. The molecule has 2 heterocycles. The average Bonchev–Trinajstić information content (AvgIpc) is 2.61. The molecule has 142 valence electrons. The fourth-order valence-electron chi connectivity index (χ4n) is 4.05. The van der Waals surface area contributed by atoms with Crippen molar-refractivity contribution < 1.29 is 0 Å². The van der Waals surface area contributed by atoms with Gasteiger partial charge in [0.2, 0.25) is 0 Å². The molecule has 0 bridgehead atoms. The van der Waals surface area contributed by atoms with Crippen molar-refractivity contribution in [3.8, 4) is 0 Å². The van der Waals surface area contributed by atoms with Crippen LogP contribution in [0.25, 0.3) is 10.9 Å². The Balaban J connectivity index is 2.16. The maximum atomic E-state index is 13.1. The molecule has 0 N–H and O–H groups in total. The van der Waals surface area contributed by atoms with E-state index >= 15 is 0 Å². The molecule has 0 spiro atoms. The summed E-state index contributed by atoms with van der Waals surface area (Å²) < 4.78 is 1.81. The smallest absolute Gasteiger partial charge is 0.261 e. The summed E-state index contributed by atoms with van der Waals surface area (Å²) in [5, 5.41) is 1.36. The Kier molecular flexibility index (Phi) is 6.26. The molecular formula is C20H27Cl2N3O. The van der Waals surface area contributed by atoms with Crippen LogP contribution >= 0.6 is 23.2 Å². The number of likely N-dealkylation sites (tertiary alicyclic amines) is 1. The summed E-state index contributed by atoms with van der Waals surface area (Å²) in [7, 11) is 0. The van der Waals surface area contributed by atoms with Crippen LogP contribution < -0.4 is 5.56 Å². The average molecular weight is 396 g/mol. The van der Waals surface area contributed by atoms with Crippen molar-refractivity contribution >= 4 is 34.1 Å². The van der Waals surface area contributed by atoms with Gasteiger partial charge in [-0.1, -0.05) is 43.5 Å². The Hall–Kier alpha value is -1.10. The van der Waals surface area contributed by atoms with E-state index in [0.717, 1.165) is 31.8 Å². The zero-order valence-corrected chi connectivity index (χ0v) is 17.3. The molecule has 0 saturated carbocycles. The number of benzene rings is 1. The van der Waals surface area contributed by atoms with Gasteiger partial charge in [0.05, 0.1) is 27.0 Å². The van der Waals surface area contributed by atoms with Gasteiger partial charge in [-0.3, -0.25) is 14.3 Å². The van der Waals surface area contributed by atoms with Crippen LogP contribution in [0.1, 0.15) is 58.3 Å². The van der Waals surface area contributed by atoms with Crippen LogP contribution in [-0.4, -0.2) is 27.5 Å². The first kappa shape index (κ1) is 19.7. The maximum absolute atomic E-state index is 13.1. The van der Waals surface area contributed by atoms with Crippen LogP contribution in [0, 0.1) is 5.92 Å². The molecule has 4 nitrogen and oxygen atoms in total. The summed E-state index contributed by atoms with van der Waals surface area (Å²) in [6.07, 6.45) is 4.52. The van der Waals surface area contributed by atoms with E-state index in [9.17, 15) is 4.79 Å². The predicted octanol–water partition coefficient (Wildman–Crippen LogP) is 5.30. The first-order chi connectivity index (χ1) is 12.5. The molecule has 1 aliphatic heterocycles. The van der Waals surface area contributed by atoms with E-state index in [1.807, 2.05) is 11.5 Å². The Morgan fingerprint density at radius 3 is 2.65 bits per heavy atom. The van der Waals surface area contributed by atoms with Crippen molar-refractivity contribution in [2.24, 2.45) is 5.92 Å². The van der Waals surface area contributed by atoms with Crippen molar-refractivity contribution in [2.45, 2.75) is 59.0 Å². The topological polar surface area (TPSA) is 38.1 Å². The van der Waals surface area contributed by atoms with Crippen LogP contribution in [0.15, 0.2) is 16.9 Å². The minimum absolute atomic E-state index is 0.0303. The first-order valence-corrected chi connectivity index (χ1v) is 10.3. The highest BCUT2D eigenvalue weighted by atomic mass is 35.5. The fourth-order valence-corrected chi connectivity index (χ4v) is 4.37. The second kappa shape index (κ2) is 8.28. The van der Waals surface area contributed by atoms with Gasteiger partial charge in [-0.2, -0.15) is 0 Å². The van der Waals surface area contributed by atoms with Gasteiger partial charge in [0, 0.05) is 13.1 Å². The van der Waals surface area contributed by atoms with Crippen molar-refractivity contribution in [3.63, 3.8) is 0 Å². The van der Waals surface area contributed by atoms with Gasteiger partial charge in [0.25, 0.3) is 5.56 Å². The van der Waals surface area contributed by atoms with Gasteiger partial charge in [0.15, 0.2) is 0 Å². The molecule has 1 fully saturated rings. The maximum Gasteiger partial charge on any atom is 0.261 e. The normalized spacial score (nSPS) is 19.8. The Bertz CT molecular complexity index is 849. The molecule has 2 aromatic rings. The lowest BCUT2D eigenvalue weighted by Crippen LogP contribution is -2.40. The highest BCUT2D eigenvalue weighted by molar-refractivity contribution is 6.42. The number of hydrogen-bond donors (Lipinski definition) is 0. The summed E-state index contributed by atoms with van der Waals surface area (Å²) in [6, 6.07) is 3.52. The number of halogens is 2.